The van der Waals surface area contributed by atoms with E-state index in [4.69, 9.17) is 0 Å². The molecule has 1 fully saturated rings. The summed E-state index contributed by atoms with van der Waals surface area (Å²) in [5.41, 5.74) is 2.09. The van der Waals surface area contributed by atoms with Gasteiger partial charge in [-0.2, -0.15) is 0 Å². The van der Waals surface area contributed by atoms with Gasteiger partial charge in [-0.15, -0.1) is 11.8 Å². The number of rotatable bonds is 2. The maximum Gasteiger partial charge on any atom is 0.0428 e. The van der Waals surface area contributed by atoms with Gasteiger partial charge >= 0.3 is 0 Å². The van der Waals surface area contributed by atoms with Crippen LogP contribution in [0.4, 0.5) is 0 Å². The normalized spacial score (nSPS) is 27.1. The van der Waals surface area contributed by atoms with Gasteiger partial charge in [0, 0.05) is 22.7 Å². The van der Waals surface area contributed by atoms with Crippen molar-refractivity contribution in [3.8, 4) is 0 Å². The van der Waals surface area contributed by atoms with Crippen molar-refractivity contribution in [2.24, 2.45) is 5.41 Å². The highest BCUT2D eigenvalue weighted by molar-refractivity contribution is 7.99. The molecule has 0 spiro atoms. The Bertz CT molecular complexity index is 417. The van der Waals surface area contributed by atoms with Crippen LogP contribution in [-0.4, -0.2) is 11.8 Å². The average Bonchev–Trinajstić information content (AvgIpc) is 2.76. The standard InChI is InChI=1S/C16H23NS/c1-16(2)9-7-12(8-10-16)17-14-11-18-15-6-4-3-5-13(14)15/h3-6,12,14,17H,7-11H2,1-2H3. The molecule has 98 valence electrons. The van der Waals surface area contributed by atoms with Crippen LogP contribution in [0.3, 0.4) is 0 Å². The van der Waals surface area contributed by atoms with Crippen molar-refractivity contribution in [3.05, 3.63) is 29.8 Å². The summed E-state index contributed by atoms with van der Waals surface area (Å²) in [6.45, 7) is 4.81. The highest BCUT2D eigenvalue weighted by atomic mass is 32.2. The molecule has 0 saturated heterocycles. The highest BCUT2D eigenvalue weighted by Gasteiger charge is 2.30. The zero-order chi connectivity index (χ0) is 12.6. The van der Waals surface area contributed by atoms with Crippen LogP contribution < -0.4 is 5.32 Å². The predicted octanol–water partition coefficient (Wildman–Crippen LogP) is 4.39. The summed E-state index contributed by atoms with van der Waals surface area (Å²) >= 11 is 2.00. The molecule has 1 aliphatic carbocycles. The average molecular weight is 261 g/mol. The lowest BCUT2D eigenvalue weighted by Gasteiger charge is -2.36. The summed E-state index contributed by atoms with van der Waals surface area (Å²) in [5.74, 6) is 1.21. The minimum atomic E-state index is 0.570. The Hall–Kier alpha value is -0.470. The summed E-state index contributed by atoms with van der Waals surface area (Å²) in [7, 11) is 0. The fourth-order valence-corrected chi connectivity index (χ4v) is 4.32. The number of hydrogen-bond acceptors (Lipinski definition) is 2. The summed E-state index contributed by atoms with van der Waals surface area (Å²) in [6, 6.07) is 10.2. The van der Waals surface area contributed by atoms with Gasteiger partial charge in [0.05, 0.1) is 0 Å². The fraction of sp³-hybridized carbons (Fsp3) is 0.625. The number of nitrogens with one attached hydrogen (secondary N) is 1. The molecule has 0 aromatic heterocycles. The van der Waals surface area contributed by atoms with Crippen LogP contribution >= 0.6 is 11.8 Å². The molecular formula is C16H23NS. The topological polar surface area (TPSA) is 12.0 Å². The van der Waals surface area contributed by atoms with E-state index in [9.17, 15) is 0 Å². The van der Waals surface area contributed by atoms with Crippen molar-refractivity contribution in [2.45, 2.75) is 56.5 Å². The van der Waals surface area contributed by atoms with Gasteiger partial charge in [0.2, 0.25) is 0 Å². The monoisotopic (exact) mass is 261 g/mol. The molecule has 3 rings (SSSR count). The second-order valence-electron chi connectivity index (χ2n) is 6.51. The molecule has 1 saturated carbocycles. The lowest BCUT2D eigenvalue weighted by atomic mass is 9.75. The number of fused-ring (bicyclic) bond motifs is 1. The van der Waals surface area contributed by atoms with Gasteiger partial charge in [-0.3, -0.25) is 0 Å². The third-order valence-electron chi connectivity index (χ3n) is 4.48. The zero-order valence-electron chi connectivity index (χ0n) is 11.4. The van der Waals surface area contributed by atoms with Crippen LogP contribution in [0.2, 0.25) is 0 Å². The summed E-state index contributed by atoms with van der Waals surface area (Å²) < 4.78 is 0. The van der Waals surface area contributed by atoms with Crippen LogP contribution in [0.5, 0.6) is 0 Å². The molecule has 1 nitrogen and oxygen atoms in total. The largest absolute Gasteiger partial charge is 0.306 e. The Morgan fingerprint density at radius 2 is 1.89 bits per heavy atom. The van der Waals surface area contributed by atoms with E-state index in [-0.39, 0.29) is 0 Å². The zero-order valence-corrected chi connectivity index (χ0v) is 12.2. The second kappa shape index (κ2) is 4.90. The van der Waals surface area contributed by atoms with Crippen molar-refractivity contribution in [3.63, 3.8) is 0 Å². The molecule has 1 aliphatic heterocycles. The summed E-state index contributed by atoms with van der Waals surface area (Å²) in [6.07, 6.45) is 5.42. The van der Waals surface area contributed by atoms with Crippen molar-refractivity contribution >= 4 is 11.8 Å². The summed E-state index contributed by atoms with van der Waals surface area (Å²) in [5, 5.41) is 3.89. The highest BCUT2D eigenvalue weighted by Crippen LogP contribution is 2.40. The minimum Gasteiger partial charge on any atom is -0.306 e. The SMILES string of the molecule is CC1(C)CCC(NC2CSc3ccccc32)CC1. The quantitative estimate of drug-likeness (QED) is 0.847. The smallest absolute Gasteiger partial charge is 0.0428 e. The van der Waals surface area contributed by atoms with Gasteiger partial charge < -0.3 is 5.32 Å². The van der Waals surface area contributed by atoms with E-state index in [0.717, 1.165) is 6.04 Å². The molecule has 1 heterocycles. The Morgan fingerprint density at radius 1 is 1.17 bits per heavy atom. The van der Waals surface area contributed by atoms with E-state index in [0.29, 0.717) is 11.5 Å². The molecule has 1 atom stereocenters. The molecular weight excluding hydrogens is 238 g/mol. The van der Waals surface area contributed by atoms with Crippen molar-refractivity contribution in [1.82, 2.24) is 5.32 Å². The van der Waals surface area contributed by atoms with Crippen LogP contribution in [-0.2, 0) is 0 Å². The number of benzene rings is 1. The summed E-state index contributed by atoms with van der Waals surface area (Å²) in [4.78, 5) is 1.48. The van der Waals surface area contributed by atoms with Gasteiger partial charge in [-0.1, -0.05) is 32.0 Å². The first-order valence-electron chi connectivity index (χ1n) is 7.12. The van der Waals surface area contributed by atoms with E-state index in [1.807, 2.05) is 11.8 Å². The molecule has 0 radical (unpaired) electrons. The third-order valence-corrected chi connectivity index (χ3v) is 5.66. The minimum absolute atomic E-state index is 0.570. The van der Waals surface area contributed by atoms with Gasteiger partial charge in [-0.05, 0) is 42.7 Å². The van der Waals surface area contributed by atoms with Crippen LogP contribution in [0.1, 0.15) is 51.1 Å². The lowest BCUT2D eigenvalue weighted by molar-refractivity contribution is 0.200. The molecule has 2 heteroatoms. The maximum absolute atomic E-state index is 3.89. The van der Waals surface area contributed by atoms with Gasteiger partial charge in [0.15, 0.2) is 0 Å². The first-order valence-corrected chi connectivity index (χ1v) is 8.10. The second-order valence-corrected chi connectivity index (χ2v) is 7.57. The van der Waals surface area contributed by atoms with E-state index in [1.54, 1.807) is 0 Å². The first-order chi connectivity index (χ1) is 8.64. The van der Waals surface area contributed by atoms with Crippen molar-refractivity contribution in [1.29, 1.82) is 0 Å². The van der Waals surface area contributed by atoms with Gasteiger partial charge in [-0.25, -0.2) is 0 Å². The van der Waals surface area contributed by atoms with E-state index < -0.39 is 0 Å². The molecule has 1 aromatic rings. The fourth-order valence-electron chi connectivity index (χ4n) is 3.15. The molecule has 1 N–H and O–H groups in total. The Labute approximate surface area is 115 Å². The predicted molar refractivity (Wildman–Crippen MR) is 79.1 cm³/mol. The molecule has 0 bridgehead atoms. The molecule has 18 heavy (non-hydrogen) atoms. The van der Waals surface area contributed by atoms with Gasteiger partial charge in [0.1, 0.15) is 0 Å². The number of hydrogen-bond donors (Lipinski definition) is 1. The molecule has 2 aliphatic rings. The van der Waals surface area contributed by atoms with Gasteiger partial charge in [0.25, 0.3) is 0 Å². The van der Waals surface area contributed by atoms with E-state index in [2.05, 4.69) is 43.4 Å². The molecule has 1 aromatic carbocycles. The van der Waals surface area contributed by atoms with Crippen molar-refractivity contribution < 1.29 is 0 Å². The van der Waals surface area contributed by atoms with E-state index in [1.165, 1.54) is 41.9 Å². The lowest BCUT2D eigenvalue weighted by Crippen LogP contribution is -2.37. The Balaban J connectivity index is 1.62. The third kappa shape index (κ3) is 2.60. The van der Waals surface area contributed by atoms with Crippen molar-refractivity contribution in [2.75, 3.05) is 5.75 Å². The number of thioether (sulfide) groups is 1. The molecule has 1 unspecified atom stereocenters. The first kappa shape index (κ1) is 12.6. The van der Waals surface area contributed by atoms with Crippen LogP contribution in [0, 0.1) is 5.41 Å². The Kier molecular flexibility index (Phi) is 3.42. The molecule has 0 amide bonds. The Morgan fingerprint density at radius 3 is 2.67 bits per heavy atom. The van der Waals surface area contributed by atoms with Crippen LogP contribution in [0.25, 0.3) is 0 Å². The van der Waals surface area contributed by atoms with E-state index >= 15 is 0 Å². The van der Waals surface area contributed by atoms with Crippen LogP contribution in [0.15, 0.2) is 29.2 Å². The maximum atomic E-state index is 3.89.